The van der Waals surface area contributed by atoms with Crippen molar-refractivity contribution in [3.63, 3.8) is 0 Å². The molecule has 0 fully saturated rings. The molecule has 0 unspecified atom stereocenters. The van der Waals surface area contributed by atoms with Crippen LogP contribution < -0.4 is 10.6 Å². The van der Waals surface area contributed by atoms with Crippen LogP contribution in [0.2, 0.25) is 0 Å². The van der Waals surface area contributed by atoms with Crippen LogP contribution in [0.1, 0.15) is 20.8 Å². The second-order valence-electron chi connectivity index (χ2n) is 6.02. The summed E-state index contributed by atoms with van der Waals surface area (Å²) in [5.41, 5.74) is 1.94. The number of hydrogen-bond donors (Lipinski definition) is 2. The van der Waals surface area contributed by atoms with E-state index in [1.807, 2.05) is 30.3 Å². The highest BCUT2D eigenvalue weighted by Gasteiger charge is 2.14. The lowest BCUT2D eigenvalue weighted by Gasteiger charge is -2.10. The van der Waals surface area contributed by atoms with Gasteiger partial charge in [0.05, 0.1) is 12.7 Å². The Kier molecular flexibility index (Phi) is 6.32. The van der Waals surface area contributed by atoms with Gasteiger partial charge in [0.1, 0.15) is 11.5 Å². The minimum atomic E-state index is -0.441. The van der Waals surface area contributed by atoms with Crippen molar-refractivity contribution in [3.05, 3.63) is 84.6 Å². The number of methoxy groups -OCH3 is 1. The molecule has 3 aromatic rings. The molecular formula is C22H20N4O3. The Balaban J connectivity index is 1.86. The van der Waals surface area contributed by atoms with Gasteiger partial charge in [0.15, 0.2) is 5.82 Å². The van der Waals surface area contributed by atoms with Crippen LogP contribution in [0.3, 0.4) is 0 Å². The number of hydrogen-bond acceptors (Lipinski definition) is 6. The molecule has 0 atom stereocenters. The number of anilines is 2. The zero-order chi connectivity index (χ0) is 20.6. The van der Waals surface area contributed by atoms with E-state index in [9.17, 15) is 9.59 Å². The van der Waals surface area contributed by atoms with E-state index in [0.717, 1.165) is 5.56 Å². The second kappa shape index (κ2) is 9.27. The first-order valence-corrected chi connectivity index (χ1v) is 8.89. The fourth-order valence-corrected chi connectivity index (χ4v) is 2.55. The molecule has 146 valence electrons. The van der Waals surface area contributed by atoms with Crippen molar-refractivity contribution in [3.8, 4) is 11.4 Å². The lowest BCUT2D eigenvalue weighted by atomic mass is 10.2. The zero-order valence-electron chi connectivity index (χ0n) is 15.9. The fraction of sp³-hybridized carbons (Fsp3) is 0.0909. The van der Waals surface area contributed by atoms with Crippen molar-refractivity contribution in [2.24, 2.45) is 0 Å². The standard InChI is InChI=1S/C22H20N4O3/c1-3-13-23-19-14-18(25-20(26-19)15-7-5-4-6-8-15)21(27)24-17-11-9-16(10-12-17)22(28)29-2/h3-12,14H,1,13H2,2H3,(H,24,27)(H,23,25,26). The summed E-state index contributed by atoms with van der Waals surface area (Å²) in [6, 6.07) is 17.4. The number of rotatable bonds is 7. The number of aromatic nitrogens is 2. The average molecular weight is 388 g/mol. The molecule has 1 aromatic heterocycles. The van der Waals surface area contributed by atoms with Gasteiger partial charge in [0.25, 0.3) is 5.91 Å². The SMILES string of the molecule is C=CCNc1cc(C(=O)Nc2ccc(C(=O)OC)cc2)nc(-c2ccccc2)n1. The van der Waals surface area contributed by atoms with Crippen LogP contribution in [0.25, 0.3) is 11.4 Å². The Morgan fingerprint density at radius 1 is 1.07 bits per heavy atom. The second-order valence-corrected chi connectivity index (χ2v) is 6.02. The van der Waals surface area contributed by atoms with Crippen molar-refractivity contribution in [1.82, 2.24) is 9.97 Å². The van der Waals surface area contributed by atoms with Gasteiger partial charge in [-0.3, -0.25) is 4.79 Å². The molecule has 2 aromatic carbocycles. The number of benzene rings is 2. The number of esters is 1. The first kappa shape index (κ1) is 19.8. The number of amides is 1. The summed E-state index contributed by atoms with van der Waals surface area (Å²) in [6.07, 6.45) is 1.70. The number of carbonyl (C=O) groups excluding carboxylic acids is 2. The summed E-state index contributed by atoms with van der Waals surface area (Å²) in [5, 5.41) is 5.86. The first-order valence-electron chi connectivity index (χ1n) is 8.89. The van der Waals surface area contributed by atoms with E-state index in [0.29, 0.717) is 29.4 Å². The molecule has 0 saturated heterocycles. The third-order valence-corrected chi connectivity index (χ3v) is 3.98. The molecule has 7 nitrogen and oxygen atoms in total. The largest absolute Gasteiger partial charge is 0.465 e. The molecule has 0 saturated carbocycles. The van der Waals surface area contributed by atoms with E-state index in [1.165, 1.54) is 7.11 Å². The van der Waals surface area contributed by atoms with E-state index >= 15 is 0 Å². The quantitative estimate of drug-likeness (QED) is 0.473. The normalized spacial score (nSPS) is 10.1. The Morgan fingerprint density at radius 2 is 1.79 bits per heavy atom. The van der Waals surface area contributed by atoms with Crippen molar-refractivity contribution >= 4 is 23.4 Å². The van der Waals surface area contributed by atoms with Crippen LogP contribution in [-0.2, 0) is 4.74 Å². The maximum atomic E-state index is 12.8. The highest BCUT2D eigenvalue weighted by Crippen LogP contribution is 2.19. The van der Waals surface area contributed by atoms with Crippen LogP contribution in [0.15, 0.2) is 73.3 Å². The van der Waals surface area contributed by atoms with Gasteiger partial charge in [0, 0.05) is 23.9 Å². The van der Waals surface area contributed by atoms with Crippen LogP contribution in [0.4, 0.5) is 11.5 Å². The van der Waals surface area contributed by atoms with Crippen LogP contribution in [0.5, 0.6) is 0 Å². The molecular weight excluding hydrogens is 368 g/mol. The molecule has 0 radical (unpaired) electrons. The van der Waals surface area contributed by atoms with Gasteiger partial charge < -0.3 is 15.4 Å². The number of carbonyl (C=O) groups is 2. The maximum Gasteiger partial charge on any atom is 0.337 e. The van der Waals surface area contributed by atoms with Gasteiger partial charge in [-0.15, -0.1) is 6.58 Å². The smallest absolute Gasteiger partial charge is 0.337 e. The summed E-state index contributed by atoms with van der Waals surface area (Å²) in [5.74, 6) is 0.122. The van der Waals surface area contributed by atoms with E-state index in [2.05, 4.69) is 31.9 Å². The van der Waals surface area contributed by atoms with E-state index in [4.69, 9.17) is 0 Å². The summed E-state index contributed by atoms with van der Waals surface area (Å²) in [4.78, 5) is 33.2. The predicted molar refractivity (Wildman–Crippen MR) is 112 cm³/mol. The number of ether oxygens (including phenoxy) is 1. The molecule has 1 heterocycles. The highest BCUT2D eigenvalue weighted by molar-refractivity contribution is 6.03. The zero-order valence-corrected chi connectivity index (χ0v) is 15.9. The molecule has 3 rings (SSSR count). The van der Waals surface area contributed by atoms with Crippen LogP contribution >= 0.6 is 0 Å². The molecule has 29 heavy (non-hydrogen) atoms. The van der Waals surface area contributed by atoms with Crippen molar-refractivity contribution in [1.29, 1.82) is 0 Å². The molecule has 2 N–H and O–H groups in total. The molecule has 0 bridgehead atoms. The van der Waals surface area contributed by atoms with Gasteiger partial charge in [-0.05, 0) is 24.3 Å². The Labute approximate surface area is 168 Å². The number of nitrogens with one attached hydrogen (secondary N) is 2. The lowest BCUT2D eigenvalue weighted by molar-refractivity contribution is 0.0600. The molecule has 0 spiro atoms. The first-order chi connectivity index (χ1) is 14.1. The van der Waals surface area contributed by atoms with Gasteiger partial charge in [0.2, 0.25) is 0 Å². The van der Waals surface area contributed by atoms with E-state index < -0.39 is 11.9 Å². The molecule has 1 amide bonds. The molecule has 0 aliphatic rings. The maximum absolute atomic E-state index is 12.8. The topological polar surface area (TPSA) is 93.2 Å². The third-order valence-electron chi connectivity index (χ3n) is 3.98. The highest BCUT2D eigenvalue weighted by atomic mass is 16.5. The van der Waals surface area contributed by atoms with Crippen LogP contribution in [-0.4, -0.2) is 35.5 Å². The summed E-state index contributed by atoms with van der Waals surface area (Å²) < 4.78 is 4.67. The van der Waals surface area contributed by atoms with Gasteiger partial charge >= 0.3 is 5.97 Å². The fourth-order valence-electron chi connectivity index (χ4n) is 2.55. The Morgan fingerprint density at radius 3 is 2.45 bits per heavy atom. The van der Waals surface area contributed by atoms with Gasteiger partial charge in [-0.25, -0.2) is 14.8 Å². The Bertz CT molecular complexity index is 1020. The minimum absolute atomic E-state index is 0.211. The molecule has 0 aliphatic carbocycles. The van der Waals surface area contributed by atoms with Crippen LogP contribution in [0, 0.1) is 0 Å². The molecule has 0 aliphatic heterocycles. The Hall–Kier alpha value is -4.00. The monoisotopic (exact) mass is 388 g/mol. The minimum Gasteiger partial charge on any atom is -0.465 e. The van der Waals surface area contributed by atoms with Gasteiger partial charge in [-0.2, -0.15) is 0 Å². The van der Waals surface area contributed by atoms with E-state index in [-0.39, 0.29) is 5.69 Å². The summed E-state index contributed by atoms with van der Waals surface area (Å²) in [6.45, 7) is 4.18. The summed E-state index contributed by atoms with van der Waals surface area (Å²) >= 11 is 0. The van der Waals surface area contributed by atoms with Crippen molar-refractivity contribution in [2.75, 3.05) is 24.3 Å². The van der Waals surface area contributed by atoms with Crippen molar-refractivity contribution < 1.29 is 14.3 Å². The molecule has 7 heteroatoms. The van der Waals surface area contributed by atoms with E-state index in [1.54, 1.807) is 36.4 Å². The van der Waals surface area contributed by atoms with Crippen molar-refractivity contribution in [2.45, 2.75) is 0 Å². The van der Waals surface area contributed by atoms with Gasteiger partial charge in [-0.1, -0.05) is 36.4 Å². The number of nitrogens with zero attached hydrogens (tertiary/aromatic N) is 2. The predicted octanol–water partition coefficient (Wildman–Crippen LogP) is 3.78. The lowest BCUT2D eigenvalue weighted by Crippen LogP contribution is -2.16. The summed E-state index contributed by atoms with van der Waals surface area (Å²) in [7, 11) is 1.31. The third kappa shape index (κ3) is 5.04. The average Bonchev–Trinajstić information content (AvgIpc) is 2.78.